The Bertz CT molecular complexity index is 437. The second kappa shape index (κ2) is 3.78. The standard InChI is InChI=1S/C13H15NS/c1-13(2,3)12-8-7-11(15-12)10-6-4-5-9-14-10/h4-9H,1-3H3. The fourth-order valence-electron chi connectivity index (χ4n) is 1.39. The zero-order valence-corrected chi connectivity index (χ0v) is 10.1. The number of rotatable bonds is 1. The first-order chi connectivity index (χ1) is 7.07. The molecule has 1 nitrogen and oxygen atoms in total. The van der Waals surface area contributed by atoms with Gasteiger partial charge in [0.15, 0.2) is 0 Å². The average Bonchev–Trinajstić information content (AvgIpc) is 2.67. The summed E-state index contributed by atoms with van der Waals surface area (Å²) in [5.41, 5.74) is 1.30. The first-order valence-corrected chi connectivity index (χ1v) is 5.91. The van der Waals surface area contributed by atoms with Crippen LogP contribution in [0.4, 0.5) is 0 Å². The lowest BCUT2D eigenvalue weighted by Crippen LogP contribution is -2.07. The molecule has 2 heteroatoms. The van der Waals surface area contributed by atoms with E-state index >= 15 is 0 Å². The van der Waals surface area contributed by atoms with Crippen LogP contribution >= 0.6 is 11.3 Å². The fraction of sp³-hybridized carbons (Fsp3) is 0.308. The highest BCUT2D eigenvalue weighted by atomic mass is 32.1. The molecule has 2 rings (SSSR count). The fourth-order valence-corrected chi connectivity index (χ4v) is 2.43. The van der Waals surface area contributed by atoms with Crippen LogP contribution in [0.2, 0.25) is 0 Å². The van der Waals surface area contributed by atoms with Gasteiger partial charge in [-0.1, -0.05) is 26.8 Å². The van der Waals surface area contributed by atoms with Gasteiger partial charge in [-0.15, -0.1) is 11.3 Å². The van der Waals surface area contributed by atoms with E-state index < -0.39 is 0 Å². The van der Waals surface area contributed by atoms with E-state index in [4.69, 9.17) is 0 Å². The third-order valence-corrected chi connectivity index (χ3v) is 3.80. The van der Waals surface area contributed by atoms with Crippen molar-refractivity contribution in [3.63, 3.8) is 0 Å². The molecule has 78 valence electrons. The summed E-state index contributed by atoms with van der Waals surface area (Å²) in [6.07, 6.45) is 1.84. The van der Waals surface area contributed by atoms with Crippen LogP contribution in [0.5, 0.6) is 0 Å². The third kappa shape index (κ3) is 2.26. The summed E-state index contributed by atoms with van der Waals surface area (Å²) in [5.74, 6) is 0. The summed E-state index contributed by atoms with van der Waals surface area (Å²) in [7, 11) is 0. The van der Waals surface area contributed by atoms with Crippen LogP contribution in [0.15, 0.2) is 36.5 Å². The molecule has 0 aliphatic heterocycles. The summed E-state index contributed by atoms with van der Waals surface area (Å²) < 4.78 is 0. The molecule has 2 heterocycles. The first-order valence-electron chi connectivity index (χ1n) is 5.09. The van der Waals surface area contributed by atoms with Gasteiger partial charge in [0, 0.05) is 11.1 Å². The Hall–Kier alpha value is -1.15. The van der Waals surface area contributed by atoms with Crippen LogP contribution in [0.1, 0.15) is 25.6 Å². The van der Waals surface area contributed by atoms with Gasteiger partial charge >= 0.3 is 0 Å². The van der Waals surface area contributed by atoms with Crippen molar-refractivity contribution in [2.75, 3.05) is 0 Å². The molecule has 15 heavy (non-hydrogen) atoms. The molecule has 2 aromatic rings. The van der Waals surface area contributed by atoms with Crippen LogP contribution in [-0.4, -0.2) is 4.98 Å². The molecule has 0 saturated carbocycles. The minimum Gasteiger partial charge on any atom is -0.255 e. The van der Waals surface area contributed by atoms with E-state index in [0.717, 1.165) is 5.69 Å². The largest absolute Gasteiger partial charge is 0.255 e. The SMILES string of the molecule is CC(C)(C)c1ccc(-c2ccccn2)s1. The van der Waals surface area contributed by atoms with E-state index in [0.29, 0.717) is 0 Å². The molecule has 0 N–H and O–H groups in total. The van der Waals surface area contributed by atoms with Gasteiger partial charge in [-0.05, 0) is 29.7 Å². The first kappa shape index (κ1) is 10.4. The third-order valence-electron chi connectivity index (χ3n) is 2.26. The van der Waals surface area contributed by atoms with Crippen molar-refractivity contribution in [2.45, 2.75) is 26.2 Å². The Morgan fingerprint density at radius 3 is 2.40 bits per heavy atom. The molecule has 0 radical (unpaired) electrons. The topological polar surface area (TPSA) is 12.9 Å². The highest BCUT2D eigenvalue weighted by Gasteiger charge is 2.16. The number of hydrogen-bond donors (Lipinski definition) is 0. The number of pyridine rings is 1. The normalized spacial score (nSPS) is 11.7. The number of nitrogens with zero attached hydrogens (tertiary/aromatic N) is 1. The average molecular weight is 217 g/mol. The van der Waals surface area contributed by atoms with E-state index in [1.807, 2.05) is 29.7 Å². The van der Waals surface area contributed by atoms with Crippen LogP contribution < -0.4 is 0 Å². The lowest BCUT2D eigenvalue weighted by atomic mass is 9.95. The van der Waals surface area contributed by atoms with Crippen molar-refractivity contribution < 1.29 is 0 Å². The van der Waals surface area contributed by atoms with Crippen LogP contribution in [0, 0.1) is 0 Å². The molecule has 2 aromatic heterocycles. The molecule has 0 aliphatic carbocycles. The van der Waals surface area contributed by atoms with Gasteiger partial charge in [0.05, 0.1) is 10.6 Å². The Morgan fingerprint density at radius 2 is 1.87 bits per heavy atom. The van der Waals surface area contributed by atoms with Crippen molar-refractivity contribution in [2.24, 2.45) is 0 Å². The molecule has 0 saturated heterocycles. The Morgan fingerprint density at radius 1 is 1.07 bits per heavy atom. The van der Waals surface area contributed by atoms with Crippen molar-refractivity contribution in [1.82, 2.24) is 4.98 Å². The number of aromatic nitrogens is 1. The van der Waals surface area contributed by atoms with E-state index in [9.17, 15) is 0 Å². The lowest BCUT2D eigenvalue weighted by molar-refractivity contribution is 0.604. The van der Waals surface area contributed by atoms with Gasteiger partial charge < -0.3 is 0 Å². The van der Waals surface area contributed by atoms with Crippen molar-refractivity contribution >= 4 is 11.3 Å². The highest BCUT2D eigenvalue weighted by molar-refractivity contribution is 7.15. The maximum atomic E-state index is 4.35. The molecule has 0 fully saturated rings. The van der Waals surface area contributed by atoms with Crippen molar-refractivity contribution in [1.29, 1.82) is 0 Å². The zero-order valence-electron chi connectivity index (χ0n) is 9.32. The van der Waals surface area contributed by atoms with Gasteiger partial charge in [0.1, 0.15) is 0 Å². The van der Waals surface area contributed by atoms with Crippen molar-refractivity contribution in [3.05, 3.63) is 41.4 Å². The summed E-state index contributed by atoms with van der Waals surface area (Å²) in [6.45, 7) is 6.71. The van der Waals surface area contributed by atoms with E-state index in [1.54, 1.807) is 0 Å². The van der Waals surface area contributed by atoms with E-state index in [-0.39, 0.29) is 5.41 Å². The quantitative estimate of drug-likeness (QED) is 0.700. The molecule has 0 bridgehead atoms. The maximum Gasteiger partial charge on any atom is 0.0801 e. The zero-order chi connectivity index (χ0) is 10.9. The molecule has 0 unspecified atom stereocenters. The van der Waals surface area contributed by atoms with Gasteiger partial charge in [0.25, 0.3) is 0 Å². The summed E-state index contributed by atoms with van der Waals surface area (Å²) in [4.78, 5) is 7.01. The minimum atomic E-state index is 0.234. The predicted molar refractivity (Wildman–Crippen MR) is 66.3 cm³/mol. The second-order valence-electron chi connectivity index (χ2n) is 4.63. The van der Waals surface area contributed by atoms with Crippen LogP contribution in [0.25, 0.3) is 10.6 Å². The molecule has 0 atom stereocenters. The summed E-state index contributed by atoms with van der Waals surface area (Å²) in [6, 6.07) is 10.4. The molecular formula is C13H15NS. The van der Waals surface area contributed by atoms with E-state index in [2.05, 4.69) is 44.0 Å². The Kier molecular flexibility index (Phi) is 2.61. The molecular weight excluding hydrogens is 202 g/mol. The Labute approximate surface area is 94.8 Å². The van der Waals surface area contributed by atoms with Crippen LogP contribution in [-0.2, 0) is 5.41 Å². The number of thiophene rings is 1. The minimum absolute atomic E-state index is 0.234. The predicted octanol–water partition coefficient (Wildman–Crippen LogP) is 4.11. The Balaban J connectivity index is 2.37. The van der Waals surface area contributed by atoms with E-state index in [1.165, 1.54) is 9.75 Å². The molecule has 0 aliphatic rings. The monoisotopic (exact) mass is 217 g/mol. The van der Waals surface area contributed by atoms with Crippen LogP contribution in [0.3, 0.4) is 0 Å². The highest BCUT2D eigenvalue weighted by Crippen LogP contribution is 2.33. The second-order valence-corrected chi connectivity index (χ2v) is 5.71. The van der Waals surface area contributed by atoms with Gasteiger partial charge in [0.2, 0.25) is 0 Å². The summed E-state index contributed by atoms with van der Waals surface area (Å²) >= 11 is 1.83. The van der Waals surface area contributed by atoms with Gasteiger partial charge in [-0.25, -0.2) is 0 Å². The smallest absolute Gasteiger partial charge is 0.0801 e. The lowest BCUT2D eigenvalue weighted by Gasteiger charge is -2.15. The number of hydrogen-bond acceptors (Lipinski definition) is 2. The molecule has 0 aromatic carbocycles. The molecule has 0 amide bonds. The van der Waals surface area contributed by atoms with Gasteiger partial charge in [-0.3, -0.25) is 4.98 Å². The summed E-state index contributed by atoms with van der Waals surface area (Å²) in [5, 5.41) is 0. The van der Waals surface area contributed by atoms with Gasteiger partial charge in [-0.2, -0.15) is 0 Å². The van der Waals surface area contributed by atoms with Crippen molar-refractivity contribution in [3.8, 4) is 10.6 Å². The molecule has 0 spiro atoms. The maximum absolute atomic E-state index is 4.35.